The van der Waals surface area contributed by atoms with Crippen molar-refractivity contribution < 1.29 is 23.9 Å². The van der Waals surface area contributed by atoms with Crippen LogP contribution in [0.15, 0.2) is 54.6 Å². The number of benzene rings is 2. The van der Waals surface area contributed by atoms with Gasteiger partial charge in [-0.2, -0.15) is 0 Å². The molecular formula is C23H23N3O5. The van der Waals surface area contributed by atoms with Crippen LogP contribution in [-0.4, -0.2) is 43.2 Å². The van der Waals surface area contributed by atoms with E-state index in [1.807, 2.05) is 37.3 Å². The molecule has 3 rings (SSSR count). The number of esters is 1. The number of hydrogen-bond donors (Lipinski definition) is 2. The number of aromatic nitrogens is 1. The molecule has 0 radical (unpaired) electrons. The Labute approximate surface area is 179 Å². The number of pyridine rings is 1. The topological polar surface area (TPSA) is 107 Å². The number of methoxy groups -OCH3 is 1. The summed E-state index contributed by atoms with van der Waals surface area (Å²) in [4.78, 5) is 41.0. The summed E-state index contributed by atoms with van der Waals surface area (Å²) in [7, 11) is 1.53. The maximum atomic E-state index is 12.8. The Morgan fingerprint density at radius 3 is 2.52 bits per heavy atom. The van der Waals surface area contributed by atoms with Crippen molar-refractivity contribution in [1.29, 1.82) is 0 Å². The third-order valence-electron chi connectivity index (χ3n) is 4.43. The lowest BCUT2D eigenvalue weighted by Gasteiger charge is -2.11. The number of carbonyl (C=O) groups is 3. The normalized spacial score (nSPS) is 10.4. The molecule has 31 heavy (non-hydrogen) atoms. The number of rotatable bonds is 7. The highest BCUT2D eigenvalue weighted by Crippen LogP contribution is 2.28. The third-order valence-corrected chi connectivity index (χ3v) is 4.43. The van der Waals surface area contributed by atoms with Gasteiger partial charge in [0.25, 0.3) is 5.91 Å². The van der Waals surface area contributed by atoms with Crippen LogP contribution in [0.5, 0.6) is 5.75 Å². The number of nitrogens with one attached hydrogen (secondary N) is 2. The smallest absolute Gasteiger partial charge is 0.339 e. The minimum Gasteiger partial charge on any atom is -0.497 e. The minimum absolute atomic E-state index is 0.242. The van der Waals surface area contributed by atoms with Crippen molar-refractivity contribution in [2.75, 3.05) is 20.3 Å². The molecule has 0 fully saturated rings. The number of urea groups is 1. The van der Waals surface area contributed by atoms with E-state index >= 15 is 0 Å². The molecule has 0 saturated heterocycles. The molecule has 2 N–H and O–H groups in total. The molecule has 0 unspecified atom stereocenters. The van der Waals surface area contributed by atoms with Crippen molar-refractivity contribution in [1.82, 2.24) is 15.6 Å². The number of fused-ring (bicyclic) bond motifs is 1. The summed E-state index contributed by atoms with van der Waals surface area (Å²) >= 11 is 0. The number of hydrogen-bond acceptors (Lipinski definition) is 6. The summed E-state index contributed by atoms with van der Waals surface area (Å²) in [6, 6.07) is 15.6. The van der Waals surface area contributed by atoms with E-state index in [1.165, 1.54) is 7.11 Å². The minimum atomic E-state index is -0.721. The Morgan fingerprint density at radius 2 is 1.81 bits per heavy atom. The predicted molar refractivity (Wildman–Crippen MR) is 116 cm³/mol. The van der Waals surface area contributed by atoms with Gasteiger partial charge >= 0.3 is 12.0 Å². The van der Waals surface area contributed by atoms with E-state index in [0.29, 0.717) is 28.9 Å². The first kappa shape index (κ1) is 21.8. The molecule has 1 heterocycles. The molecule has 0 aliphatic heterocycles. The fraction of sp³-hybridized carbons (Fsp3) is 0.217. The molecule has 3 aromatic rings. The molecule has 0 atom stereocenters. The van der Waals surface area contributed by atoms with Gasteiger partial charge in [0.1, 0.15) is 5.75 Å². The summed E-state index contributed by atoms with van der Waals surface area (Å²) < 4.78 is 10.4. The Kier molecular flexibility index (Phi) is 7.16. The molecule has 1 aromatic heterocycles. The first-order valence-corrected chi connectivity index (χ1v) is 9.81. The molecule has 0 aliphatic carbocycles. The van der Waals surface area contributed by atoms with Crippen molar-refractivity contribution >= 4 is 28.8 Å². The summed E-state index contributed by atoms with van der Waals surface area (Å²) in [5.74, 6) is -0.871. The molecule has 0 saturated carbocycles. The maximum Gasteiger partial charge on any atom is 0.339 e. The first-order valence-electron chi connectivity index (χ1n) is 9.81. The molecule has 3 amide bonds. The number of imide groups is 1. The average molecular weight is 421 g/mol. The molecule has 8 nitrogen and oxygen atoms in total. The molecule has 8 heteroatoms. The Hall–Kier alpha value is -3.94. The standard InChI is InChI=1S/C23H23N3O5/c1-3-11-24-23(29)26-21(27)14-31-22(28)18-13-20(15-7-5-4-6-8-15)25-19-10-9-16(30-2)12-17(18)19/h4-10,12-13H,3,11,14H2,1-2H3,(H2,24,26,27,29). The van der Waals surface area contributed by atoms with Gasteiger partial charge in [0.15, 0.2) is 6.61 Å². The number of carbonyl (C=O) groups excluding carboxylic acids is 3. The van der Waals surface area contributed by atoms with Crippen molar-refractivity contribution in [3.63, 3.8) is 0 Å². The summed E-state index contributed by atoms with van der Waals surface area (Å²) in [6.45, 7) is 1.74. The average Bonchev–Trinajstić information content (AvgIpc) is 2.80. The second-order valence-electron chi connectivity index (χ2n) is 6.68. The molecule has 0 aliphatic rings. The molecule has 0 bridgehead atoms. The third kappa shape index (κ3) is 5.57. The zero-order valence-corrected chi connectivity index (χ0v) is 17.3. The SMILES string of the molecule is CCCNC(=O)NC(=O)COC(=O)c1cc(-c2ccccc2)nc2ccc(OC)cc12. The lowest BCUT2D eigenvalue weighted by atomic mass is 10.0. The van der Waals surface area contributed by atoms with Crippen LogP contribution in [0.4, 0.5) is 4.79 Å². The van der Waals surface area contributed by atoms with Crippen LogP contribution in [-0.2, 0) is 9.53 Å². The number of ether oxygens (including phenoxy) is 2. The lowest BCUT2D eigenvalue weighted by Crippen LogP contribution is -2.41. The van der Waals surface area contributed by atoms with Crippen molar-refractivity contribution in [3.05, 3.63) is 60.2 Å². The largest absolute Gasteiger partial charge is 0.497 e. The van der Waals surface area contributed by atoms with Crippen LogP contribution in [0.3, 0.4) is 0 Å². The number of amides is 3. The Balaban J connectivity index is 1.85. The van der Waals surface area contributed by atoms with Crippen molar-refractivity contribution in [2.24, 2.45) is 0 Å². The highest BCUT2D eigenvalue weighted by atomic mass is 16.5. The van der Waals surface area contributed by atoms with Crippen molar-refractivity contribution in [3.8, 4) is 17.0 Å². The second-order valence-corrected chi connectivity index (χ2v) is 6.68. The van der Waals surface area contributed by atoms with Crippen LogP contribution in [0.2, 0.25) is 0 Å². The Bertz CT molecular complexity index is 1100. The zero-order valence-electron chi connectivity index (χ0n) is 17.3. The van der Waals surface area contributed by atoms with E-state index < -0.39 is 24.5 Å². The van der Waals surface area contributed by atoms with E-state index in [1.54, 1.807) is 24.3 Å². The highest BCUT2D eigenvalue weighted by molar-refractivity contribution is 6.06. The van der Waals surface area contributed by atoms with Crippen LogP contribution < -0.4 is 15.4 Å². The van der Waals surface area contributed by atoms with Gasteiger partial charge in [-0.25, -0.2) is 14.6 Å². The number of nitrogens with zero attached hydrogens (tertiary/aromatic N) is 1. The lowest BCUT2D eigenvalue weighted by molar-refractivity contribution is -0.123. The molecule has 2 aromatic carbocycles. The molecule has 160 valence electrons. The van der Waals surface area contributed by atoms with E-state index in [-0.39, 0.29) is 5.56 Å². The van der Waals surface area contributed by atoms with Crippen LogP contribution >= 0.6 is 0 Å². The van der Waals surface area contributed by atoms with Crippen molar-refractivity contribution in [2.45, 2.75) is 13.3 Å². The van der Waals surface area contributed by atoms with E-state index in [2.05, 4.69) is 15.6 Å². The fourth-order valence-electron chi connectivity index (χ4n) is 2.91. The monoisotopic (exact) mass is 421 g/mol. The van der Waals surface area contributed by atoms with Crippen LogP contribution in [0.25, 0.3) is 22.2 Å². The summed E-state index contributed by atoms with van der Waals surface area (Å²) in [5.41, 5.74) is 2.25. The summed E-state index contributed by atoms with van der Waals surface area (Å²) in [5, 5.41) is 5.16. The quantitative estimate of drug-likeness (QED) is 0.567. The predicted octanol–water partition coefficient (Wildman–Crippen LogP) is 3.30. The first-order chi connectivity index (χ1) is 15.0. The van der Waals surface area contributed by atoms with E-state index in [0.717, 1.165) is 12.0 Å². The van der Waals surface area contributed by atoms with Gasteiger partial charge in [-0.1, -0.05) is 37.3 Å². The van der Waals surface area contributed by atoms with Gasteiger partial charge in [-0.05, 0) is 30.7 Å². The maximum absolute atomic E-state index is 12.8. The molecular weight excluding hydrogens is 398 g/mol. The van der Waals surface area contributed by atoms with Crippen LogP contribution in [0, 0.1) is 0 Å². The Morgan fingerprint density at radius 1 is 1.03 bits per heavy atom. The van der Waals surface area contributed by atoms with E-state index in [4.69, 9.17) is 9.47 Å². The van der Waals surface area contributed by atoms with Gasteiger partial charge in [-0.15, -0.1) is 0 Å². The van der Waals surface area contributed by atoms with Crippen LogP contribution in [0.1, 0.15) is 23.7 Å². The van der Waals surface area contributed by atoms with Gasteiger partial charge in [0.05, 0.1) is 23.9 Å². The van der Waals surface area contributed by atoms with E-state index in [9.17, 15) is 14.4 Å². The fourth-order valence-corrected chi connectivity index (χ4v) is 2.91. The van der Waals surface area contributed by atoms with Gasteiger partial charge in [-0.3, -0.25) is 10.1 Å². The van der Waals surface area contributed by atoms with Gasteiger partial charge in [0, 0.05) is 17.5 Å². The van der Waals surface area contributed by atoms with Gasteiger partial charge in [0.2, 0.25) is 0 Å². The second kappa shape index (κ2) is 10.2. The summed E-state index contributed by atoms with van der Waals surface area (Å²) in [6.07, 6.45) is 0.735. The van der Waals surface area contributed by atoms with Gasteiger partial charge < -0.3 is 14.8 Å². The molecule has 0 spiro atoms. The zero-order chi connectivity index (χ0) is 22.2. The highest BCUT2D eigenvalue weighted by Gasteiger charge is 2.18.